The molecule has 4 rings (SSSR count). The van der Waals surface area contributed by atoms with Crippen molar-refractivity contribution in [2.45, 2.75) is 4.21 Å². The van der Waals surface area contributed by atoms with Gasteiger partial charge in [-0.05, 0) is 53.9 Å². The number of phenolic OH excluding ortho intramolecular Hbond substituents is 2. The fourth-order valence-corrected chi connectivity index (χ4v) is 7.24. The maximum Gasteiger partial charge on any atom is 0.340 e. The van der Waals surface area contributed by atoms with Crippen LogP contribution in [0.25, 0.3) is 10.1 Å². The number of carbonyl (C=O) groups is 2. The molecule has 14 nitrogen and oxygen atoms in total. The number of aromatic hydroxyl groups is 2. The fourth-order valence-electron chi connectivity index (χ4n) is 3.77. The lowest BCUT2D eigenvalue weighted by Crippen LogP contribution is -2.28. The number of nitrogens with one attached hydrogen (secondary N) is 3. The van der Waals surface area contributed by atoms with Crippen molar-refractivity contribution in [1.82, 2.24) is 15.4 Å². The molecule has 4 aromatic rings. The van der Waals surface area contributed by atoms with E-state index in [0.717, 1.165) is 11.3 Å². The number of benzene rings is 3. The molecule has 0 aliphatic carbocycles. The van der Waals surface area contributed by atoms with E-state index in [2.05, 4.69) is 10.6 Å². The third kappa shape index (κ3) is 9.16. The Bertz CT molecular complexity index is 1720. The highest BCUT2D eigenvalue weighted by molar-refractivity contribution is 7.92. The molecule has 0 unspecified atom stereocenters. The number of ether oxygens (including phenoxy) is 2. The van der Waals surface area contributed by atoms with Crippen LogP contribution in [0.2, 0.25) is 0 Å². The van der Waals surface area contributed by atoms with Gasteiger partial charge in [0, 0.05) is 21.9 Å². The predicted octanol–water partition coefficient (Wildman–Crippen LogP) is 2.34. The Balaban J connectivity index is 1.47. The van der Waals surface area contributed by atoms with Crippen LogP contribution in [-0.2, 0) is 14.6 Å². The molecular weight excluding hydrogens is 637 g/mol. The van der Waals surface area contributed by atoms with Crippen LogP contribution < -0.4 is 24.8 Å². The van der Waals surface area contributed by atoms with E-state index in [0.29, 0.717) is 10.1 Å². The monoisotopic (exact) mass is 665 g/mol. The molecule has 44 heavy (non-hydrogen) atoms. The minimum absolute atomic E-state index is 0.0129. The van der Waals surface area contributed by atoms with Gasteiger partial charge in [0.25, 0.3) is 21.8 Å². The molecular formula is C27H28N3O11PS2. The van der Waals surface area contributed by atoms with Crippen LogP contribution in [-0.4, -0.2) is 72.8 Å². The topological polar surface area (TPSA) is 221 Å². The molecule has 0 aliphatic rings. The van der Waals surface area contributed by atoms with Crippen molar-refractivity contribution in [2.24, 2.45) is 0 Å². The van der Waals surface area contributed by atoms with Crippen molar-refractivity contribution in [3.63, 3.8) is 0 Å². The van der Waals surface area contributed by atoms with Gasteiger partial charge < -0.3 is 40.1 Å². The van der Waals surface area contributed by atoms with E-state index in [9.17, 15) is 32.8 Å². The first-order valence-electron chi connectivity index (χ1n) is 12.8. The van der Waals surface area contributed by atoms with Crippen molar-refractivity contribution >= 4 is 50.9 Å². The van der Waals surface area contributed by atoms with E-state index in [1.165, 1.54) is 66.7 Å². The summed E-state index contributed by atoms with van der Waals surface area (Å²) in [6.07, 6.45) is -1.06. The zero-order chi connectivity index (χ0) is 31.9. The van der Waals surface area contributed by atoms with Gasteiger partial charge in [-0.2, -0.15) is 4.72 Å². The van der Waals surface area contributed by atoms with Gasteiger partial charge in [-0.15, -0.1) is 11.3 Å². The molecule has 0 bridgehead atoms. The van der Waals surface area contributed by atoms with E-state index in [-0.39, 0.29) is 64.6 Å². The van der Waals surface area contributed by atoms with E-state index in [1.807, 2.05) is 4.72 Å². The molecule has 0 spiro atoms. The largest absolute Gasteiger partial charge is 0.508 e. The van der Waals surface area contributed by atoms with E-state index < -0.39 is 35.7 Å². The molecule has 1 heterocycles. The summed E-state index contributed by atoms with van der Waals surface area (Å²) < 4.78 is 50.2. The second-order valence-electron chi connectivity index (χ2n) is 9.18. The van der Waals surface area contributed by atoms with Crippen LogP contribution in [0.3, 0.4) is 0 Å². The van der Waals surface area contributed by atoms with E-state index in [1.54, 1.807) is 0 Å². The third-order valence-corrected chi connectivity index (χ3v) is 9.55. The van der Waals surface area contributed by atoms with Gasteiger partial charge >= 0.3 is 7.60 Å². The van der Waals surface area contributed by atoms with E-state index >= 15 is 0 Å². The number of thiophene rings is 1. The van der Waals surface area contributed by atoms with Gasteiger partial charge in [0.1, 0.15) is 35.2 Å². The van der Waals surface area contributed by atoms with Crippen LogP contribution in [0.15, 0.2) is 70.9 Å². The summed E-state index contributed by atoms with van der Waals surface area (Å²) in [5, 5.41) is 24.9. The average Bonchev–Trinajstić information content (AvgIpc) is 3.40. The average molecular weight is 666 g/mol. The Hall–Kier alpha value is -4.18. The molecule has 0 aliphatic heterocycles. The van der Waals surface area contributed by atoms with Gasteiger partial charge in [-0.25, -0.2) is 8.42 Å². The van der Waals surface area contributed by atoms with Crippen molar-refractivity contribution in [1.29, 1.82) is 0 Å². The Morgan fingerprint density at radius 2 is 1.32 bits per heavy atom. The molecule has 3 aromatic carbocycles. The number of amides is 2. The SMILES string of the molecule is O=C(NCCOc1cc2cc(S(=O)(=O)NCP(=O)(O)O)sc2cc1OCCNC(=O)c1cccc(O)c1)c1cccc(O)c1. The van der Waals surface area contributed by atoms with Gasteiger partial charge in [0.05, 0.1) is 13.1 Å². The molecule has 234 valence electrons. The fraction of sp³-hybridized carbons (Fsp3) is 0.185. The van der Waals surface area contributed by atoms with Gasteiger partial charge in [0.2, 0.25) is 0 Å². The molecule has 0 saturated heterocycles. The maximum atomic E-state index is 12.6. The van der Waals surface area contributed by atoms with Crippen molar-refractivity contribution < 1.29 is 52.0 Å². The zero-order valence-corrected chi connectivity index (χ0v) is 25.3. The molecule has 17 heteroatoms. The van der Waals surface area contributed by atoms with Crippen LogP contribution in [0.4, 0.5) is 0 Å². The summed E-state index contributed by atoms with van der Waals surface area (Å²) >= 11 is 0.842. The van der Waals surface area contributed by atoms with Crippen LogP contribution in [0, 0.1) is 0 Å². The Morgan fingerprint density at radius 1 is 0.795 bits per heavy atom. The predicted molar refractivity (Wildman–Crippen MR) is 161 cm³/mol. The molecule has 7 N–H and O–H groups in total. The van der Waals surface area contributed by atoms with Crippen molar-refractivity contribution in [3.8, 4) is 23.0 Å². The molecule has 0 atom stereocenters. The highest BCUT2D eigenvalue weighted by Crippen LogP contribution is 2.39. The highest BCUT2D eigenvalue weighted by atomic mass is 32.2. The number of sulfonamides is 1. The molecule has 0 saturated carbocycles. The summed E-state index contributed by atoms with van der Waals surface area (Å²) in [7, 11) is -8.87. The first-order chi connectivity index (χ1) is 20.8. The quantitative estimate of drug-likeness (QED) is 0.0765. The number of fused-ring (bicyclic) bond motifs is 1. The second kappa shape index (κ2) is 14.1. The van der Waals surface area contributed by atoms with Gasteiger partial charge in [-0.1, -0.05) is 12.1 Å². The number of hydrogen-bond donors (Lipinski definition) is 7. The number of hydrogen-bond acceptors (Lipinski definition) is 10. The highest BCUT2D eigenvalue weighted by Gasteiger charge is 2.23. The number of rotatable bonds is 14. The van der Waals surface area contributed by atoms with E-state index in [4.69, 9.17) is 19.3 Å². The molecule has 0 fully saturated rings. The smallest absolute Gasteiger partial charge is 0.340 e. The minimum atomic E-state index is -4.63. The molecule has 1 aromatic heterocycles. The van der Waals surface area contributed by atoms with Crippen LogP contribution >= 0.6 is 18.9 Å². The van der Waals surface area contributed by atoms with Crippen LogP contribution in [0.1, 0.15) is 20.7 Å². The standard InChI is InChI=1S/C27H28N3O11PS2/c31-20-5-1-3-17(11-20)26(33)28-7-9-40-22-13-19-14-25(44(38,39)30-16-42(35,36)37)43-24(19)15-23(22)41-10-8-29-27(34)18-4-2-6-21(32)12-18/h1-6,11-15,30-32H,7-10,16H2,(H,28,33)(H,29,34)(H2,35,36,37). The normalized spacial score (nSPS) is 11.7. The summed E-state index contributed by atoms with van der Waals surface area (Å²) in [6, 6.07) is 16.0. The van der Waals surface area contributed by atoms with Crippen molar-refractivity contribution in [2.75, 3.05) is 32.6 Å². The Morgan fingerprint density at radius 3 is 1.82 bits per heavy atom. The third-order valence-electron chi connectivity index (χ3n) is 5.79. The summed E-state index contributed by atoms with van der Waals surface area (Å²) in [6.45, 7) is 0.116. The molecule has 2 amide bonds. The van der Waals surface area contributed by atoms with Gasteiger partial charge in [-0.3, -0.25) is 14.2 Å². The lowest BCUT2D eigenvalue weighted by Gasteiger charge is -2.14. The maximum absolute atomic E-state index is 12.6. The summed E-state index contributed by atoms with van der Waals surface area (Å²) in [5.74, 6) is -0.581. The minimum Gasteiger partial charge on any atom is -0.508 e. The Labute approximate surface area is 255 Å². The summed E-state index contributed by atoms with van der Waals surface area (Å²) in [4.78, 5) is 42.8. The first-order valence-corrected chi connectivity index (χ1v) is 16.9. The van der Waals surface area contributed by atoms with Crippen LogP contribution in [0.5, 0.6) is 23.0 Å². The number of carbonyl (C=O) groups excluding carboxylic acids is 2. The second-order valence-corrected chi connectivity index (χ2v) is 13.9. The lowest BCUT2D eigenvalue weighted by molar-refractivity contribution is 0.0936. The zero-order valence-electron chi connectivity index (χ0n) is 22.8. The molecule has 0 radical (unpaired) electrons. The lowest BCUT2D eigenvalue weighted by atomic mass is 10.2. The van der Waals surface area contributed by atoms with Gasteiger partial charge in [0.15, 0.2) is 11.5 Å². The first kappa shape index (κ1) is 32.7. The number of phenols is 2. The Kier molecular flexibility index (Phi) is 10.5. The summed E-state index contributed by atoms with van der Waals surface area (Å²) in [5.41, 5.74) is 0.505. The van der Waals surface area contributed by atoms with Crippen molar-refractivity contribution in [3.05, 3.63) is 77.9 Å².